The third kappa shape index (κ3) is 4.66. The highest BCUT2D eigenvalue weighted by atomic mass is 32.2. The molecule has 1 N–H and O–H groups in total. The fourth-order valence-electron chi connectivity index (χ4n) is 2.44. The highest BCUT2D eigenvalue weighted by molar-refractivity contribution is 7.91. The first kappa shape index (κ1) is 19.1. The summed E-state index contributed by atoms with van der Waals surface area (Å²) < 4.78 is 39.0. The second kappa shape index (κ2) is 7.77. The number of nitrogens with one attached hydrogen (secondary N) is 1. The van der Waals surface area contributed by atoms with Gasteiger partial charge >= 0.3 is 0 Å². The first-order chi connectivity index (χ1) is 11.7. The molecule has 0 fully saturated rings. The fraction of sp³-hybridized carbons (Fsp3) is 0.412. The van der Waals surface area contributed by atoms with Gasteiger partial charge in [-0.3, -0.25) is 4.79 Å². The van der Waals surface area contributed by atoms with E-state index in [9.17, 15) is 17.6 Å². The van der Waals surface area contributed by atoms with Crippen LogP contribution >= 0.6 is 0 Å². The predicted octanol–water partition coefficient (Wildman–Crippen LogP) is 2.30. The van der Waals surface area contributed by atoms with Gasteiger partial charge in [0.1, 0.15) is 17.7 Å². The van der Waals surface area contributed by atoms with Crippen molar-refractivity contribution in [3.63, 3.8) is 0 Å². The second-order valence-electron chi connectivity index (χ2n) is 6.09. The number of nitrogens with zero attached hydrogens (tertiary/aromatic N) is 2. The van der Waals surface area contributed by atoms with Crippen molar-refractivity contribution in [2.24, 2.45) is 0 Å². The molecule has 0 unspecified atom stereocenters. The zero-order chi connectivity index (χ0) is 18.6. The summed E-state index contributed by atoms with van der Waals surface area (Å²) in [7, 11) is -3.57. The number of sulfone groups is 1. The number of amides is 1. The van der Waals surface area contributed by atoms with Crippen LogP contribution in [0.3, 0.4) is 0 Å². The number of imidazole rings is 1. The third-order valence-corrected chi connectivity index (χ3v) is 5.59. The van der Waals surface area contributed by atoms with Crippen molar-refractivity contribution < 1.29 is 17.6 Å². The van der Waals surface area contributed by atoms with Crippen LogP contribution in [0.2, 0.25) is 0 Å². The molecule has 2 rings (SSSR count). The van der Waals surface area contributed by atoms with Gasteiger partial charge in [-0.25, -0.2) is 17.8 Å². The standard InChI is InChI=1S/C17H22FN3O3S/c1-12(2)16-19-8-10-21(16)13(3)17(22)20-9-11-25(23,24)15-6-4-14(18)5-7-15/h4-8,10,12-13H,9,11H2,1-3H3,(H,20,22)/t13-/m0/s1. The molecule has 0 bridgehead atoms. The van der Waals surface area contributed by atoms with E-state index in [1.165, 1.54) is 12.1 Å². The molecule has 2 aromatic rings. The highest BCUT2D eigenvalue weighted by Gasteiger charge is 2.20. The maximum absolute atomic E-state index is 12.9. The minimum Gasteiger partial charge on any atom is -0.353 e. The molecular weight excluding hydrogens is 345 g/mol. The van der Waals surface area contributed by atoms with Crippen molar-refractivity contribution in [3.8, 4) is 0 Å². The van der Waals surface area contributed by atoms with Gasteiger partial charge in [0.15, 0.2) is 9.84 Å². The predicted molar refractivity (Wildman–Crippen MR) is 92.5 cm³/mol. The van der Waals surface area contributed by atoms with Crippen LogP contribution < -0.4 is 5.32 Å². The molecule has 8 heteroatoms. The Morgan fingerprint density at radius 2 is 1.88 bits per heavy atom. The van der Waals surface area contributed by atoms with Crippen molar-refractivity contribution in [1.29, 1.82) is 0 Å². The normalized spacial score (nSPS) is 13.0. The molecule has 1 amide bonds. The smallest absolute Gasteiger partial charge is 0.242 e. The molecule has 1 aromatic carbocycles. The van der Waals surface area contributed by atoms with Gasteiger partial charge < -0.3 is 9.88 Å². The average Bonchev–Trinajstić information content (AvgIpc) is 3.04. The van der Waals surface area contributed by atoms with Crippen LogP contribution in [0, 0.1) is 5.82 Å². The quantitative estimate of drug-likeness (QED) is 0.762. The summed E-state index contributed by atoms with van der Waals surface area (Å²) in [4.78, 5) is 16.6. The lowest BCUT2D eigenvalue weighted by Gasteiger charge is -2.17. The summed E-state index contributed by atoms with van der Waals surface area (Å²) in [5, 5.41) is 2.63. The molecular formula is C17H22FN3O3S. The van der Waals surface area contributed by atoms with Gasteiger partial charge in [-0.05, 0) is 31.2 Å². The number of carbonyl (C=O) groups excluding carboxylic acids is 1. The van der Waals surface area contributed by atoms with Crippen molar-refractivity contribution in [3.05, 3.63) is 48.3 Å². The summed E-state index contributed by atoms with van der Waals surface area (Å²) >= 11 is 0. The number of hydrogen-bond donors (Lipinski definition) is 1. The van der Waals surface area contributed by atoms with Crippen LogP contribution in [0.1, 0.15) is 38.6 Å². The van der Waals surface area contributed by atoms with E-state index in [0.29, 0.717) is 0 Å². The zero-order valence-electron chi connectivity index (χ0n) is 14.4. The van der Waals surface area contributed by atoms with E-state index in [0.717, 1.165) is 18.0 Å². The van der Waals surface area contributed by atoms with Crippen molar-refractivity contribution in [2.45, 2.75) is 37.6 Å². The van der Waals surface area contributed by atoms with Gasteiger partial charge in [-0.1, -0.05) is 13.8 Å². The Balaban J connectivity index is 1.95. The summed E-state index contributed by atoms with van der Waals surface area (Å²) in [6.07, 6.45) is 3.37. The first-order valence-electron chi connectivity index (χ1n) is 8.01. The van der Waals surface area contributed by atoms with Crippen LogP contribution in [0.25, 0.3) is 0 Å². The Morgan fingerprint density at radius 3 is 2.48 bits per heavy atom. The summed E-state index contributed by atoms with van der Waals surface area (Å²) in [6, 6.07) is 4.14. The molecule has 6 nitrogen and oxygen atoms in total. The van der Waals surface area contributed by atoms with Crippen molar-refractivity contribution in [1.82, 2.24) is 14.9 Å². The molecule has 1 atom stereocenters. The fourth-order valence-corrected chi connectivity index (χ4v) is 3.60. The molecule has 1 heterocycles. The van der Waals surface area contributed by atoms with Gasteiger partial charge in [0.05, 0.1) is 10.6 Å². The van der Waals surface area contributed by atoms with Crippen LogP contribution in [0.15, 0.2) is 41.6 Å². The van der Waals surface area contributed by atoms with E-state index in [1.807, 2.05) is 13.8 Å². The molecule has 136 valence electrons. The van der Waals surface area contributed by atoms with E-state index in [1.54, 1.807) is 23.9 Å². The Morgan fingerprint density at radius 1 is 1.24 bits per heavy atom. The molecule has 0 aliphatic heterocycles. The zero-order valence-corrected chi connectivity index (χ0v) is 15.3. The lowest BCUT2D eigenvalue weighted by molar-refractivity contribution is -0.123. The van der Waals surface area contributed by atoms with Crippen molar-refractivity contribution >= 4 is 15.7 Å². The molecule has 0 saturated carbocycles. The number of rotatable bonds is 7. The van der Waals surface area contributed by atoms with Crippen LogP contribution in [0.5, 0.6) is 0 Å². The molecule has 25 heavy (non-hydrogen) atoms. The minimum atomic E-state index is -3.57. The molecule has 0 aliphatic rings. The summed E-state index contributed by atoms with van der Waals surface area (Å²) in [6.45, 7) is 5.68. The number of hydrogen-bond acceptors (Lipinski definition) is 4. The number of carbonyl (C=O) groups is 1. The topological polar surface area (TPSA) is 81.1 Å². The van der Waals surface area contributed by atoms with Gasteiger partial charge in [-0.2, -0.15) is 0 Å². The molecule has 0 spiro atoms. The number of halogens is 1. The van der Waals surface area contributed by atoms with Gasteiger partial charge in [0.25, 0.3) is 0 Å². The second-order valence-corrected chi connectivity index (χ2v) is 8.20. The summed E-state index contributed by atoms with van der Waals surface area (Å²) in [5.74, 6) is -0.0693. The lowest BCUT2D eigenvalue weighted by atomic mass is 10.2. The van der Waals surface area contributed by atoms with Gasteiger partial charge in [0, 0.05) is 24.9 Å². The average molecular weight is 367 g/mol. The van der Waals surface area contributed by atoms with E-state index in [4.69, 9.17) is 0 Å². The first-order valence-corrected chi connectivity index (χ1v) is 9.66. The van der Waals surface area contributed by atoms with E-state index >= 15 is 0 Å². The van der Waals surface area contributed by atoms with E-state index in [-0.39, 0.29) is 29.0 Å². The van der Waals surface area contributed by atoms with Crippen LogP contribution in [0.4, 0.5) is 4.39 Å². The van der Waals surface area contributed by atoms with Gasteiger partial charge in [0.2, 0.25) is 5.91 Å². The van der Waals surface area contributed by atoms with E-state index in [2.05, 4.69) is 10.3 Å². The number of aromatic nitrogens is 2. The summed E-state index contributed by atoms with van der Waals surface area (Å²) in [5.41, 5.74) is 0. The Bertz CT molecular complexity index is 829. The Kier molecular flexibility index (Phi) is 5.94. The highest BCUT2D eigenvalue weighted by Crippen LogP contribution is 2.17. The Labute approximate surface area is 147 Å². The minimum absolute atomic E-state index is 0.0193. The van der Waals surface area contributed by atoms with Crippen LogP contribution in [-0.2, 0) is 14.6 Å². The molecule has 1 aromatic heterocycles. The molecule has 0 aliphatic carbocycles. The molecule has 0 saturated heterocycles. The lowest BCUT2D eigenvalue weighted by Crippen LogP contribution is -2.34. The van der Waals surface area contributed by atoms with E-state index < -0.39 is 21.7 Å². The van der Waals surface area contributed by atoms with Crippen LogP contribution in [-0.4, -0.2) is 36.2 Å². The van der Waals surface area contributed by atoms with Gasteiger partial charge in [-0.15, -0.1) is 0 Å². The monoisotopic (exact) mass is 367 g/mol. The van der Waals surface area contributed by atoms with Crippen molar-refractivity contribution in [2.75, 3.05) is 12.3 Å². The maximum atomic E-state index is 12.9. The maximum Gasteiger partial charge on any atom is 0.242 e. The number of benzene rings is 1. The molecule has 0 radical (unpaired) electrons. The Hall–Kier alpha value is -2.22. The SMILES string of the molecule is CC(C)c1nccn1[C@@H](C)C(=O)NCCS(=O)(=O)c1ccc(F)cc1. The third-order valence-electron chi connectivity index (χ3n) is 3.85. The largest absolute Gasteiger partial charge is 0.353 e.